The number of aryl methyl sites for hydroxylation is 1. The molecule has 0 bridgehead atoms. The van der Waals surface area contributed by atoms with E-state index < -0.39 is 5.82 Å². The van der Waals surface area contributed by atoms with Crippen molar-refractivity contribution in [1.82, 2.24) is 24.4 Å². The highest BCUT2D eigenvalue weighted by Crippen LogP contribution is 2.35. The lowest BCUT2D eigenvalue weighted by Gasteiger charge is -2.13. The van der Waals surface area contributed by atoms with E-state index >= 15 is 0 Å². The van der Waals surface area contributed by atoms with Crippen molar-refractivity contribution in [2.75, 3.05) is 45.3 Å². The summed E-state index contributed by atoms with van der Waals surface area (Å²) in [6.07, 6.45) is 1.75. The standard InChI is InChI=1S/C23H26FN7O2/c1-25-17-11-15(10-16(24)12-17)19-13-18-21-20(28-14-30(21)3)22(26-2)29-23(18)31(19)6-4-27-5-8-33-9-7-32/h10-14,27,32H,4-9H2,2-3H3,(H,26,29). The molecule has 4 rings (SSSR count). The number of fused-ring (bicyclic) bond motifs is 3. The third-order valence-electron chi connectivity index (χ3n) is 5.42. The molecular weight excluding hydrogens is 425 g/mol. The fourth-order valence-corrected chi connectivity index (χ4v) is 3.97. The van der Waals surface area contributed by atoms with Crippen LogP contribution in [-0.2, 0) is 18.3 Å². The van der Waals surface area contributed by atoms with E-state index in [4.69, 9.17) is 21.4 Å². The number of benzene rings is 1. The van der Waals surface area contributed by atoms with Gasteiger partial charge in [0.15, 0.2) is 11.5 Å². The molecule has 0 saturated heterocycles. The molecule has 3 aromatic heterocycles. The highest BCUT2D eigenvalue weighted by atomic mass is 19.1. The van der Waals surface area contributed by atoms with Crippen LogP contribution in [0.5, 0.6) is 0 Å². The van der Waals surface area contributed by atoms with Crippen LogP contribution in [0.2, 0.25) is 0 Å². The minimum Gasteiger partial charge on any atom is -0.394 e. The molecule has 0 spiro atoms. The van der Waals surface area contributed by atoms with Crippen molar-refractivity contribution < 1.29 is 14.2 Å². The number of pyridine rings is 1. The number of aliphatic hydroxyl groups is 1. The maximum atomic E-state index is 14.3. The Balaban J connectivity index is 1.79. The maximum Gasteiger partial charge on any atom is 0.190 e. The Bertz CT molecular complexity index is 1320. The second kappa shape index (κ2) is 9.95. The van der Waals surface area contributed by atoms with Crippen LogP contribution < -0.4 is 10.6 Å². The van der Waals surface area contributed by atoms with Gasteiger partial charge in [0.05, 0.1) is 38.2 Å². The zero-order valence-corrected chi connectivity index (χ0v) is 18.6. The number of nitrogens with zero attached hydrogens (tertiary/aromatic N) is 5. The first-order valence-corrected chi connectivity index (χ1v) is 10.7. The van der Waals surface area contributed by atoms with Gasteiger partial charge >= 0.3 is 0 Å². The predicted molar refractivity (Wildman–Crippen MR) is 126 cm³/mol. The zero-order chi connectivity index (χ0) is 23.4. The smallest absolute Gasteiger partial charge is 0.190 e. The molecule has 10 heteroatoms. The van der Waals surface area contributed by atoms with E-state index in [2.05, 4.69) is 20.5 Å². The monoisotopic (exact) mass is 451 g/mol. The van der Waals surface area contributed by atoms with E-state index in [9.17, 15) is 4.39 Å². The van der Waals surface area contributed by atoms with Gasteiger partial charge in [0.2, 0.25) is 0 Å². The summed E-state index contributed by atoms with van der Waals surface area (Å²) in [5.74, 6) is 0.208. The van der Waals surface area contributed by atoms with Crippen molar-refractivity contribution in [1.29, 1.82) is 0 Å². The fourth-order valence-electron chi connectivity index (χ4n) is 3.97. The summed E-state index contributed by atoms with van der Waals surface area (Å²) in [6, 6.07) is 6.35. The molecule has 0 amide bonds. The third-order valence-corrected chi connectivity index (χ3v) is 5.42. The Kier molecular flexibility index (Phi) is 6.84. The number of aromatic nitrogens is 4. The lowest BCUT2D eigenvalue weighted by molar-refractivity contribution is 0.0939. The van der Waals surface area contributed by atoms with Crippen molar-refractivity contribution in [2.24, 2.45) is 7.05 Å². The van der Waals surface area contributed by atoms with Crippen LogP contribution in [0.1, 0.15) is 0 Å². The van der Waals surface area contributed by atoms with Crippen molar-refractivity contribution in [3.05, 3.63) is 47.8 Å². The van der Waals surface area contributed by atoms with Crippen LogP contribution in [0.4, 0.5) is 15.9 Å². The summed E-state index contributed by atoms with van der Waals surface area (Å²) in [6.45, 7) is 9.96. The molecule has 0 aliphatic rings. The molecule has 0 aliphatic heterocycles. The van der Waals surface area contributed by atoms with Gasteiger partial charge in [-0.25, -0.2) is 19.2 Å². The largest absolute Gasteiger partial charge is 0.394 e. The molecule has 9 nitrogen and oxygen atoms in total. The molecule has 172 valence electrons. The van der Waals surface area contributed by atoms with Gasteiger partial charge in [-0.05, 0) is 29.8 Å². The van der Waals surface area contributed by atoms with E-state index in [1.54, 1.807) is 19.4 Å². The number of aliphatic hydroxyl groups excluding tert-OH is 1. The van der Waals surface area contributed by atoms with Gasteiger partial charge in [-0.15, -0.1) is 0 Å². The van der Waals surface area contributed by atoms with Crippen LogP contribution >= 0.6 is 0 Å². The molecule has 33 heavy (non-hydrogen) atoms. The third kappa shape index (κ3) is 4.52. The summed E-state index contributed by atoms with van der Waals surface area (Å²) in [5, 5.41) is 16.1. The number of imidazole rings is 1. The first-order chi connectivity index (χ1) is 16.1. The second-order valence-electron chi connectivity index (χ2n) is 7.58. The van der Waals surface area contributed by atoms with Gasteiger partial charge in [0.25, 0.3) is 0 Å². The zero-order valence-electron chi connectivity index (χ0n) is 18.6. The Hall–Kier alpha value is -3.52. The van der Waals surface area contributed by atoms with E-state index in [0.717, 1.165) is 27.8 Å². The fraction of sp³-hybridized carbons (Fsp3) is 0.348. The number of halogens is 1. The van der Waals surface area contributed by atoms with Crippen LogP contribution in [0.3, 0.4) is 0 Å². The second-order valence-corrected chi connectivity index (χ2v) is 7.58. The van der Waals surface area contributed by atoms with Gasteiger partial charge in [-0.1, -0.05) is 0 Å². The van der Waals surface area contributed by atoms with Crippen molar-refractivity contribution in [3.8, 4) is 11.3 Å². The van der Waals surface area contributed by atoms with Crippen molar-refractivity contribution >= 4 is 33.6 Å². The minimum absolute atomic E-state index is 0.000887. The number of nitrogens with one attached hydrogen (secondary N) is 2. The topological polar surface area (TPSA) is 93.5 Å². The number of hydrogen-bond donors (Lipinski definition) is 3. The van der Waals surface area contributed by atoms with Crippen LogP contribution in [0, 0.1) is 12.4 Å². The molecule has 0 unspecified atom stereocenters. The molecule has 4 aromatic rings. The van der Waals surface area contributed by atoms with E-state index in [0.29, 0.717) is 44.2 Å². The first kappa shape index (κ1) is 22.7. The van der Waals surface area contributed by atoms with Crippen molar-refractivity contribution in [2.45, 2.75) is 6.54 Å². The highest BCUT2D eigenvalue weighted by Gasteiger charge is 2.19. The van der Waals surface area contributed by atoms with E-state index in [1.165, 1.54) is 12.1 Å². The Morgan fingerprint density at radius 3 is 2.82 bits per heavy atom. The minimum atomic E-state index is -0.455. The maximum absolute atomic E-state index is 14.3. The summed E-state index contributed by atoms with van der Waals surface area (Å²) >= 11 is 0. The molecule has 0 atom stereocenters. The molecule has 3 heterocycles. The molecule has 0 saturated carbocycles. The predicted octanol–water partition coefficient (Wildman–Crippen LogP) is 2.92. The quantitative estimate of drug-likeness (QED) is 0.254. The number of ether oxygens (including phenoxy) is 1. The molecule has 1 aromatic carbocycles. The highest BCUT2D eigenvalue weighted by molar-refractivity contribution is 6.07. The average Bonchev–Trinajstić information content (AvgIpc) is 3.38. The van der Waals surface area contributed by atoms with E-state index in [-0.39, 0.29) is 12.3 Å². The SMILES string of the molecule is [C-]#[N+]c1cc(F)cc(-c2cc3c4c(ncn4C)c(NC)nc3n2CCNCCOCCO)c1. The van der Waals surface area contributed by atoms with Gasteiger partial charge in [-0.2, -0.15) is 0 Å². The normalized spacial score (nSPS) is 11.4. The summed E-state index contributed by atoms with van der Waals surface area (Å²) in [7, 11) is 3.73. The van der Waals surface area contributed by atoms with Gasteiger partial charge in [0, 0.05) is 44.8 Å². The van der Waals surface area contributed by atoms with Crippen LogP contribution in [0.15, 0.2) is 30.6 Å². The van der Waals surface area contributed by atoms with Gasteiger partial charge < -0.3 is 29.6 Å². The van der Waals surface area contributed by atoms with Crippen molar-refractivity contribution in [3.63, 3.8) is 0 Å². The number of hydrogen-bond acceptors (Lipinski definition) is 6. The summed E-state index contributed by atoms with van der Waals surface area (Å²) in [5.41, 5.74) is 4.07. The first-order valence-electron chi connectivity index (χ1n) is 10.7. The Morgan fingerprint density at radius 1 is 1.21 bits per heavy atom. The average molecular weight is 452 g/mol. The van der Waals surface area contributed by atoms with Gasteiger partial charge in [-0.3, -0.25) is 0 Å². The summed E-state index contributed by atoms with van der Waals surface area (Å²) < 4.78 is 23.6. The lowest BCUT2D eigenvalue weighted by atomic mass is 10.1. The lowest BCUT2D eigenvalue weighted by Crippen LogP contribution is -2.24. The molecular formula is C23H26FN7O2. The molecule has 3 N–H and O–H groups in total. The van der Waals surface area contributed by atoms with Gasteiger partial charge in [0.1, 0.15) is 17.0 Å². The summed E-state index contributed by atoms with van der Waals surface area (Å²) in [4.78, 5) is 12.7. The Labute approximate surface area is 190 Å². The molecule has 0 fully saturated rings. The van der Waals surface area contributed by atoms with Crippen LogP contribution in [0.25, 0.3) is 38.2 Å². The molecule has 0 radical (unpaired) electrons. The van der Waals surface area contributed by atoms with Crippen LogP contribution in [-0.4, -0.2) is 64.2 Å². The molecule has 0 aliphatic carbocycles. The Morgan fingerprint density at radius 2 is 2.06 bits per heavy atom. The number of rotatable bonds is 10. The number of anilines is 1. The van der Waals surface area contributed by atoms with E-state index in [1.807, 2.05) is 22.2 Å².